The second kappa shape index (κ2) is 9.70. The van der Waals surface area contributed by atoms with Crippen LogP contribution in [0.3, 0.4) is 0 Å². The van der Waals surface area contributed by atoms with E-state index < -0.39 is 22.2 Å². The number of piperidine rings is 1. The number of rotatable bonds is 7. The van der Waals surface area contributed by atoms with Gasteiger partial charge in [-0.15, -0.1) is 0 Å². The Labute approximate surface area is 160 Å². The van der Waals surface area contributed by atoms with Gasteiger partial charge in [0.2, 0.25) is 15.9 Å². The summed E-state index contributed by atoms with van der Waals surface area (Å²) in [6.07, 6.45) is 2.12. The predicted molar refractivity (Wildman–Crippen MR) is 101 cm³/mol. The number of amides is 2. The summed E-state index contributed by atoms with van der Waals surface area (Å²) in [5, 5.41) is 2.55. The molecule has 1 saturated heterocycles. The molecule has 2 N–H and O–H groups in total. The van der Waals surface area contributed by atoms with Crippen LogP contribution in [0.15, 0.2) is 30.3 Å². The minimum atomic E-state index is -3.25. The average Bonchev–Trinajstić information content (AvgIpc) is 2.64. The van der Waals surface area contributed by atoms with E-state index in [2.05, 4.69) is 10.0 Å². The van der Waals surface area contributed by atoms with Crippen LogP contribution in [0.25, 0.3) is 0 Å². The monoisotopic (exact) mass is 397 g/mol. The van der Waals surface area contributed by atoms with E-state index in [-0.39, 0.29) is 18.4 Å². The summed E-state index contributed by atoms with van der Waals surface area (Å²) >= 11 is 0. The number of ether oxygens (including phenoxy) is 1. The highest BCUT2D eigenvalue weighted by Gasteiger charge is 2.28. The van der Waals surface area contributed by atoms with Crippen molar-refractivity contribution in [2.75, 3.05) is 25.9 Å². The van der Waals surface area contributed by atoms with Gasteiger partial charge in [0.15, 0.2) is 0 Å². The van der Waals surface area contributed by atoms with Crippen molar-refractivity contribution in [2.45, 2.75) is 32.4 Å². The van der Waals surface area contributed by atoms with Crippen LogP contribution in [0, 0.1) is 5.92 Å². The molecule has 150 valence electrons. The molecule has 0 spiro atoms. The zero-order valence-corrected chi connectivity index (χ0v) is 16.5. The molecule has 0 unspecified atom stereocenters. The van der Waals surface area contributed by atoms with Crippen molar-refractivity contribution in [1.29, 1.82) is 0 Å². The molecule has 0 radical (unpaired) electrons. The number of carbonyl (C=O) groups is 2. The SMILES string of the molecule is C[C@H](NC(=O)OCc1ccccc1)C(=O)N1CCC[C@@H](CNS(C)(=O)=O)C1. The Morgan fingerprint density at radius 1 is 1.30 bits per heavy atom. The van der Waals surface area contributed by atoms with E-state index in [0.29, 0.717) is 19.6 Å². The third kappa shape index (κ3) is 7.56. The minimum absolute atomic E-state index is 0.0645. The molecule has 1 heterocycles. The van der Waals surface area contributed by atoms with Crippen LogP contribution >= 0.6 is 0 Å². The Balaban J connectivity index is 1.78. The largest absolute Gasteiger partial charge is 0.445 e. The topological polar surface area (TPSA) is 105 Å². The lowest BCUT2D eigenvalue weighted by molar-refractivity contribution is -0.134. The molecule has 9 heteroatoms. The van der Waals surface area contributed by atoms with Crippen molar-refractivity contribution in [3.63, 3.8) is 0 Å². The lowest BCUT2D eigenvalue weighted by Gasteiger charge is -2.34. The Kier molecular flexibility index (Phi) is 7.61. The summed E-state index contributed by atoms with van der Waals surface area (Å²) in [4.78, 5) is 26.1. The first-order valence-corrected chi connectivity index (χ1v) is 10.8. The fraction of sp³-hybridized carbons (Fsp3) is 0.556. The summed E-state index contributed by atoms with van der Waals surface area (Å²) in [7, 11) is -3.25. The van der Waals surface area contributed by atoms with Crippen molar-refractivity contribution in [2.24, 2.45) is 5.92 Å². The highest BCUT2D eigenvalue weighted by atomic mass is 32.2. The Morgan fingerprint density at radius 3 is 2.67 bits per heavy atom. The van der Waals surface area contributed by atoms with Gasteiger partial charge in [0.25, 0.3) is 0 Å². The van der Waals surface area contributed by atoms with Gasteiger partial charge in [-0.3, -0.25) is 4.79 Å². The van der Waals surface area contributed by atoms with Crippen molar-refractivity contribution in [3.8, 4) is 0 Å². The zero-order valence-electron chi connectivity index (χ0n) is 15.7. The maximum Gasteiger partial charge on any atom is 0.408 e. The summed E-state index contributed by atoms with van der Waals surface area (Å²) < 4.78 is 30.1. The molecule has 2 rings (SSSR count). The van der Waals surface area contributed by atoms with Gasteiger partial charge in [-0.05, 0) is 31.2 Å². The van der Waals surface area contributed by atoms with Crippen LogP contribution in [0.4, 0.5) is 4.79 Å². The van der Waals surface area contributed by atoms with Crippen molar-refractivity contribution in [3.05, 3.63) is 35.9 Å². The quantitative estimate of drug-likeness (QED) is 0.717. The first-order valence-electron chi connectivity index (χ1n) is 8.95. The van der Waals surface area contributed by atoms with E-state index in [4.69, 9.17) is 4.74 Å². The number of alkyl carbamates (subject to hydrolysis) is 1. The first-order chi connectivity index (χ1) is 12.7. The van der Waals surface area contributed by atoms with Gasteiger partial charge in [-0.2, -0.15) is 0 Å². The van der Waals surface area contributed by atoms with E-state index in [1.165, 1.54) is 0 Å². The van der Waals surface area contributed by atoms with E-state index in [0.717, 1.165) is 24.7 Å². The molecule has 0 aromatic heterocycles. The number of carbonyl (C=O) groups excluding carboxylic acids is 2. The van der Waals surface area contributed by atoms with Gasteiger partial charge in [-0.25, -0.2) is 17.9 Å². The summed E-state index contributed by atoms with van der Waals surface area (Å²) in [6.45, 7) is 3.12. The highest BCUT2D eigenvalue weighted by molar-refractivity contribution is 7.88. The van der Waals surface area contributed by atoms with Crippen molar-refractivity contribution in [1.82, 2.24) is 14.9 Å². The smallest absolute Gasteiger partial charge is 0.408 e. The lowest BCUT2D eigenvalue weighted by Crippen LogP contribution is -2.51. The number of sulfonamides is 1. The molecule has 8 nitrogen and oxygen atoms in total. The predicted octanol–water partition coefficient (Wildman–Crippen LogP) is 1.09. The van der Waals surface area contributed by atoms with Crippen LogP contribution in [-0.2, 0) is 26.2 Å². The average molecular weight is 397 g/mol. The van der Waals surface area contributed by atoms with Crippen LogP contribution in [-0.4, -0.2) is 57.3 Å². The lowest BCUT2D eigenvalue weighted by atomic mass is 9.98. The van der Waals surface area contributed by atoms with E-state index in [1.54, 1.807) is 11.8 Å². The summed E-state index contributed by atoms with van der Waals surface area (Å²) in [5.41, 5.74) is 0.865. The van der Waals surface area contributed by atoms with Gasteiger partial charge < -0.3 is 15.0 Å². The normalized spacial score (nSPS) is 18.6. The number of likely N-dealkylation sites (tertiary alicyclic amines) is 1. The molecule has 0 bridgehead atoms. The van der Waals surface area contributed by atoms with Crippen molar-refractivity contribution >= 4 is 22.0 Å². The third-order valence-electron chi connectivity index (χ3n) is 4.38. The van der Waals surface area contributed by atoms with Gasteiger partial charge in [0, 0.05) is 19.6 Å². The van der Waals surface area contributed by atoms with E-state index in [1.807, 2.05) is 30.3 Å². The van der Waals surface area contributed by atoms with Gasteiger partial charge in [-0.1, -0.05) is 30.3 Å². The molecule has 0 saturated carbocycles. The van der Waals surface area contributed by atoms with Crippen molar-refractivity contribution < 1.29 is 22.7 Å². The van der Waals surface area contributed by atoms with Gasteiger partial charge >= 0.3 is 6.09 Å². The van der Waals surface area contributed by atoms with E-state index >= 15 is 0 Å². The Hall–Kier alpha value is -2.13. The van der Waals surface area contributed by atoms with Crippen LogP contribution in [0.2, 0.25) is 0 Å². The second-order valence-corrected chi connectivity index (χ2v) is 8.67. The number of hydrogen-bond donors (Lipinski definition) is 2. The molecule has 1 aliphatic rings. The van der Waals surface area contributed by atoms with Crippen LogP contribution < -0.4 is 10.0 Å². The molecular weight excluding hydrogens is 370 g/mol. The molecule has 1 aromatic carbocycles. The molecule has 1 aliphatic heterocycles. The maximum atomic E-state index is 12.6. The van der Waals surface area contributed by atoms with Crippen LogP contribution in [0.1, 0.15) is 25.3 Å². The fourth-order valence-electron chi connectivity index (χ4n) is 2.98. The van der Waals surface area contributed by atoms with Crippen LogP contribution in [0.5, 0.6) is 0 Å². The Bertz CT molecular complexity index is 739. The number of nitrogens with zero attached hydrogens (tertiary/aromatic N) is 1. The second-order valence-electron chi connectivity index (χ2n) is 6.84. The zero-order chi connectivity index (χ0) is 19.9. The van der Waals surface area contributed by atoms with E-state index in [9.17, 15) is 18.0 Å². The fourth-order valence-corrected chi connectivity index (χ4v) is 3.52. The third-order valence-corrected chi connectivity index (χ3v) is 5.07. The molecule has 2 atom stereocenters. The highest BCUT2D eigenvalue weighted by Crippen LogP contribution is 2.17. The number of hydrogen-bond acceptors (Lipinski definition) is 5. The number of benzene rings is 1. The number of nitrogens with one attached hydrogen (secondary N) is 2. The summed E-state index contributed by atoms with van der Waals surface area (Å²) in [6, 6.07) is 8.57. The maximum absolute atomic E-state index is 12.6. The molecule has 2 amide bonds. The Morgan fingerprint density at radius 2 is 2.00 bits per heavy atom. The molecular formula is C18H27N3O5S. The molecule has 27 heavy (non-hydrogen) atoms. The minimum Gasteiger partial charge on any atom is -0.445 e. The standard InChI is InChI=1S/C18H27N3O5S/c1-14(20-18(23)26-13-15-7-4-3-5-8-15)17(22)21-10-6-9-16(12-21)11-19-27(2,24)25/h3-5,7-8,14,16,19H,6,9-13H2,1-2H3,(H,20,23)/t14-,16-/m0/s1. The molecule has 1 fully saturated rings. The van der Waals surface area contributed by atoms with Gasteiger partial charge in [0.05, 0.1) is 6.26 Å². The first kappa shape index (κ1) is 21.2. The van der Waals surface area contributed by atoms with Gasteiger partial charge in [0.1, 0.15) is 12.6 Å². The molecule has 0 aliphatic carbocycles. The molecule has 1 aromatic rings. The summed E-state index contributed by atoms with van der Waals surface area (Å²) in [5.74, 6) is -0.134.